The lowest BCUT2D eigenvalue weighted by molar-refractivity contribution is -0.134. The first-order valence-electron chi connectivity index (χ1n) is 11.6. The van der Waals surface area contributed by atoms with Crippen molar-refractivity contribution in [2.24, 2.45) is 5.73 Å². The van der Waals surface area contributed by atoms with E-state index in [2.05, 4.69) is 24.3 Å². The number of benzene rings is 2. The lowest BCUT2D eigenvalue weighted by Crippen LogP contribution is -2.47. The van der Waals surface area contributed by atoms with Crippen molar-refractivity contribution in [2.45, 2.75) is 37.3 Å². The molecule has 2 aromatic carbocycles. The minimum absolute atomic E-state index is 0.0442. The van der Waals surface area contributed by atoms with Crippen LogP contribution in [-0.4, -0.2) is 47.3 Å². The fraction of sp³-hybridized carbons (Fsp3) is 0.333. The third-order valence-corrected chi connectivity index (χ3v) is 6.99. The summed E-state index contributed by atoms with van der Waals surface area (Å²) in [4.78, 5) is 30.8. The average molecular weight is 444 g/mol. The van der Waals surface area contributed by atoms with Crippen molar-refractivity contribution < 1.29 is 14.0 Å². The molecule has 0 aliphatic carbocycles. The third kappa shape index (κ3) is 4.31. The fourth-order valence-electron chi connectivity index (χ4n) is 5.20. The molecular formula is C27H29N3O3. The second-order valence-electron chi connectivity index (χ2n) is 9.00. The van der Waals surface area contributed by atoms with Crippen LogP contribution in [0.5, 0.6) is 0 Å². The van der Waals surface area contributed by atoms with E-state index < -0.39 is 6.04 Å². The molecule has 33 heavy (non-hydrogen) atoms. The number of nitrogens with zero attached hydrogens (tertiary/aromatic N) is 2. The Hall–Kier alpha value is -3.38. The van der Waals surface area contributed by atoms with Gasteiger partial charge in [-0.3, -0.25) is 9.59 Å². The third-order valence-electron chi connectivity index (χ3n) is 6.99. The van der Waals surface area contributed by atoms with Gasteiger partial charge in [-0.25, -0.2) is 0 Å². The molecule has 3 heterocycles. The highest BCUT2D eigenvalue weighted by molar-refractivity contribution is 5.98. The van der Waals surface area contributed by atoms with Crippen molar-refractivity contribution in [1.82, 2.24) is 9.80 Å². The lowest BCUT2D eigenvalue weighted by Gasteiger charge is -2.27. The van der Waals surface area contributed by atoms with Gasteiger partial charge in [-0.05, 0) is 30.0 Å². The summed E-state index contributed by atoms with van der Waals surface area (Å²) >= 11 is 0. The molecule has 2 amide bonds. The molecule has 2 fully saturated rings. The van der Waals surface area contributed by atoms with Gasteiger partial charge in [0.25, 0.3) is 5.91 Å². The van der Waals surface area contributed by atoms with E-state index in [0.717, 1.165) is 18.5 Å². The highest BCUT2D eigenvalue weighted by atomic mass is 16.3. The summed E-state index contributed by atoms with van der Waals surface area (Å²) in [6.07, 6.45) is 3.02. The minimum Gasteiger partial charge on any atom is -0.467 e. The van der Waals surface area contributed by atoms with Crippen LogP contribution in [0.25, 0.3) is 0 Å². The maximum atomic E-state index is 13.7. The molecule has 0 saturated carbocycles. The molecule has 1 aromatic heterocycles. The second kappa shape index (κ2) is 9.24. The number of hydrogen-bond acceptors (Lipinski definition) is 4. The molecule has 3 aromatic rings. The zero-order chi connectivity index (χ0) is 22.8. The summed E-state index contributed by atoms with van der Waals surface area (Å²) in [5.41, 5.74) is 8.53. The van der Waals surface area contributed by atoms with Crippen molar-refractivity contribution in [3.05, 3.63) is 95.4 Å². The summed E-state index contributed by atoms with van der Waals surface area (Å²) in [7, 11) is 0. The van der Waals surface area contributed by atoms with Crippen LogP contribution in [0.2, 0.25) is 0 Å². The summed E-state index contributed by atoms with van der Waals surface area (Å²) in [6.45, 7) is 2.16. The molecule has 3 atom stereocenters. The molecule has 0 spiro atoms. The first-order chi connectivity index (χ1) is 16.1. The standard InChI is InChI=1S/C27H29N3O3/c28-15-24-13-23(18-33-24)26(31)30-17-22(20-9-5-2-6-10-20)14-25(30)27(32)29-12-11-21(16-29)19-7-3-1-4-8-19/h1-10,13,18,21-22,25H,11-12,14-17,28H2. The number of rotatable bonds is 5. The van der Waals surface area contributed by atoms with Gasteiger partial charge in [-0.1, -0.05) is 60.7 Å². The molecule has 2 N–H and O–H groups in total. The zero-order valence-electron chi connectivity index (χ0n) is 18.6. The molecule has 6 nitrogen and oxygen atoms in total. The number of hydrogen-bond donors (Lipinski definition) is 1. The Morgan fingerprint density at radius 1 is 0.939 bits per heavy atom. The fourth-order valence-corrected chi connectivity index (χ4v) is 5.20. The van der Waals surface area contributed by atoms with Gasteiger partial charge < -0.3 is 20.0 Å². The predicted molar refractivity (Wildman–Crippen MR) is 126 cm³/mol. The summed E-state index contributed by atoms with van der Waals surface area (Å²) < 4.78 is 5.40. The van der Waals surface area contributed by atoms with E-state index in [0.29, 0.717) is 36.8 Å². The number of amides is 2. The maximum Gasteiger partial charge on any atom is 0.257 e. The summed E-state index contributed by atoms with van der Waals surface area (Å²) in [5.74, 6) is 0.895. The molecule has 2 saturated heterocycles. The second-order valence-corrected chi connectivity index (χ2v) is 9.00. The maximum absolute atomic E-state index is 13.7. The molecule has 2 aliphatic rings. The Balaban J connectivity index is 1.37. The Bertz CT molecular complexity index is 1110. The van der Waals surface area contributed by atoms with E-state index in [4.69, 9.17) is 10.2 Å². The van der Waals surface area contributed by atoms with Crippen LogP contribution in [0.3, 0.4) is 0 Å². The van der Waals surface area contributed by atoms with Gasteiger partial charge in [0.15, 0.2) is 0 Å². The number of nitrogens with two attached hydrogens (primary N) is 1. The molecule has 5 rings (SSSR count). The number of furan rings is 1. The molecule has 6 heteroatoms. The smallest absolute Gasteiger partial charge is 0.257 e. The van der Waals surface area contributed by atoms with Crippen LogP contribution < -0.4 is 5.73 Å². The van der Waals surface area contributed by atoms with Gasteiger partial charge in [-0.2, -0.15) is 0 Å². The molecule has 3 unspecified atom stereocenters. The first kappa shape index (κ1) is 21.5. The molecule has 2 aliphatic heterocycles. The van der Waals surface area contributed by atoms with E-state index in [9.17, 15) is 9.59 Å². The molecule has 0 radical (unpaired) electrons. The molecule has 170 valence electrons. The van der Waals surface area contributed by atoms with E-state index >= 15 is 0 Å². The van der Waals surface area contributed by atoms with E-state index in [1.165, 1.54) is 11.8 Å². The Labute approximate surface area is 194 Å². The van der Waals surface area contributed by atoms with Crippen LogP contribution >= 0.6 is 0 Å². The Morgan fingerprint density at radius 2 is 1.61 bits per heavy atom. The highest BCUT2D eigenvalue weighted by Crippen LogP contribution is 2.36. The SMILES string of the molecule is NCc1cc(C(=O)N2CC(c3ccccc3)CC2C(=O)N2CCC(c3ccccc3)C2)co1. The predicted octanol–water partition coefficient (Wildman–Crippen LogP) is 3.75. The number of likely N-dealkylation sites (tertiary alicyclic amines) is 2. The average Bonchev–Trinajstić information content (AvgIpc) is 3.64. The van der Waals surface area contributed by atoms with Crippen LogP contribution in [0, 0.1) is 0 Å². The Morgan fingerprint density at radius 3 is 2.24 bits per heavy atom. The summed E-state index contributed by atoms with van der Waals surface area (Å²) in [6, 6.07) is 21.7. The van der Waals surface area contributed by atoms with E-state index in [1.807, 2.05) is 41.3 Å². The van der Waals surface area contributed by atoms with Gasteiger partial charge in [0.05, 0.1) is 12.1 Å². The summed E-state index contributed by atoms with van der Waals surface area (Å²) in [5, 5.41) is 0. The van der Waals surface area contributed by atoms with Gasteiger partial charge in [0.1, 0.15) is 18.1 Å². The molecular weight excluding hydrogens is 414 g/mol. The normalized spacial score (nSPS) is 22.6. The van der Waals surface area contributed by atoms with E-state index in [1.54, 1.807) is 11.0 Å². The van der Waals surface area contributed by atoms with E-state index in [-0.39, 0.29) is 24.3 Å². The van der Waals surface area contributed by atoms with Crippen LogP contribution in [-0.2, 0) is 11.3 Å². The van der Waals surface area contributed by atoms with Gasteiger partial charge in [0, 0.05) is 31.5 Å². The zero-order valence-corrected chi connectivity index (χ0v) is 18.6. The van der Waals surface area contributed by atoms with Crippen molar-refractivity contribution in [1.29, 1.82) is 0 Å². The minimum atomic E-state index is -0.478. The van der Waals surface area contributed by atoms with Crippen LogP contribution in [0.4, 0.5) is 0 Å². The van der Waals surface area contributed by atoms with Crippen LogP contribution in [0.1, 0.15) is 51.9 Å². The van der Waals surface area contributed by atoms with Gasteiger partial charge in [0.2, 0.25) is 5.91 Å². The number of carbonyl (C=O) groups excluding carboxylic acids is 2. The highest BCUT2D eigenvalue weighted by Gasteiger charge is 2.43. The van der Waals surface area contributed by atoms with Crippen molar-refractivity contribution in [3.8, 4) is 0 Å². The number of carbonyl (C=O) groups is 2. The monoisotopic (exact) mass is 443 g/mol. The van der Waals surface area contributed by atoms with Gasteiger partial charge in [-0.15, -0.1) is 0 Å². The largest absolute Gasteiger partial charge is 0.467 e. The Kier molecular flexibility index (Phi) is 6.01. The van der Waals surface area contributed by atoms with Crippen LogP contribution in [0.15, 0.2) is 77.4 Å². The van der Waals surface area contributed by atoms with Crippen molar-refractivity contribution >= 4 is 11.8 Å². The van der Waals surface area contributed by atoms with Crippen molar-refractivity contribution in [2.75, 3.05) is 19.6 Å². The lowest BCUT2D eigenvalue weighted by atomic mass is 9.96. The van der Waals surface area contributed by atoms with Gasteiger partial charge >= 0.3 is 0 Å². The van der Waals surface area contributed by atoms with Crippen molar-refractivity contribution in [3.63, 3.8) is 0 Å². The first-order valence-corrected chi connectivity index (χ1v) is 11.6. The quantitative estimate of drug-likeness (QED) is 0.651. The molecule has 0 bridgehead atoms. The topological polar surface area (TPSA) is 79.8 Å².